The quantitative estimate of drug-likeness (QED) is 0.480. The molecule has 8 nitrogen and oxygen atoms in total. The molecule has 0 unspecified atom stereocenters. The van der Waals surface area contributed by atoms with E-state index in [2.05, 4.69) is 25.6 Å². The molecule has 2 heterocycles. The lowest BCUT2D eigenvalue weighted by Gasteiger charge is -2.12. The maximum Gasteiger partial charge on any atom is 0.417 e. The van der Waals surface area contributed by atoms with Crippen molar-refractivity contribution in [3.63, 3.8) is 0 Å². The van der Waals surface area contributed by atoms with Gasteiger partial charge in [0.1, 0.15) is 11.6 Å². The summed E-state index contributed by atoms with van der Waals surface area (Å²) in [6.07, 6.45) is 1.66. The van der Waals surface area contributed by atoms with Crippen LogP contribution in [-0.4, -0.2) is 22.0 Å². The normalized spacial score (nSPS) is 12.9. The molecule has 0 aliphatic rings. The molecular formula is C20H19N5O3. The second-order valence-electron chi connectivity index (χ2n) is 6.34. The molecule has 8 heteroatoms. The first-order chi connectivity index (χ1) is 14.6. The third-order valence-corrected chi connectivity index (χ3v) is 4.08. The van der Waals surface area contributed by atoms with Crippen molar-refractivity contribution in [1.82, 2.24) is 15.0 Å². The van der Waals surface area contributed by atoms with Gasteiger partial charge in [-0.25, -0.2) is 9.78 Å². The number of ether oxygens (including phenoxy) is 1. The second-order valence-corrected chi connectivity index (χ2v) is 6.34. The fourth-order valence-corrected chi connectivity index (χ4v) is 2.80. The van der Waals surface area contributed by atoms with Crippen LogP contribution in [0.1, 0.15) is 15.2 Å². The summed E-state index contributed by atoms with van der Waals surface area (Å²) < 4.78 is 31.8. The van der Waals surface area contributed by atoms with Gasteiger partial charge in [-0.3, -0.25) is 4.98 Å². The minimum Gasteiger partial charge on any atom is -0.497 e. The fourth-order valence-electron chi connectivity index (χ4n) is 2.80. The number of oxazole rings is 1. The first kappa shape index (κ1) is 14.3. The number of aromatic amines is 1. The zero-order valence-electron chi connectivity index (χ0n) is 18.2. The molecule has 28 heavy (non-hydrogen) atoms. The molecule has 0 fully saturated rings. The lowest BCUT2D eigenvalue weighted by atomic mass is 10.2. The van der Waals surface area contributed by atoms with Crippen LogP contribution in [-0.2, 0) is 0 Å². The van der Waals surface area contributed by atoms with Gasteiger partial charge in [-0.1, -0.05) is 0 Å². The second kappa shape index (κ2) is 7.07. The number of rotatable bonds is 5. The maximum absolute atomic E-state index is 11.3. The Morgan fingerprint density at radius 2 is 2.04 bits per heavy atom. The summed E-state index contributed by atoms with van der Waals surface area (Å²) in [7, 11) is -2.54. The highest BCUT2D eigenvalue weighted by atomic mass is 16.5. The Labute approximate surface area is 164 Å². The number of nitrogens with zero attached hydrogens (tertiary/aromatic N) is 2. The van der Waals surface area contributed by atoms with E-state index in [1.807, 2.05) is 19.9 Å². The molecule has 2 aromatic heterocycles. The van der Waals surface area contributed by atoms with Gasteiger partial charge in [-0.2, -0.15) is 4.98 Å². The van der Waals surface area contributed by atoms with E-state index in [0.717, 1.165) is 11.1 Å². The van der Waals surface area contributed by atoms with E-state index in [1.54, 1.807) is 36.5 Å². The third kappa shape index (κ3) is 3.66. The van der Waals surface area contributed by atoms with Crippen LogP contribution >= 0.6 is 0 Å². The van der Waals surface area contributed by atoms with Crippen LogP contribution < -0.4 is 21.1 Å². The Morgan fingerprint density at radius 3 is 2.89 bits per heavy atom. The van der Waals surface area contributed by atoms with Gasteiger partial charge >= 0.3 is 5.76 Å². The summed E-state index contributed by atoms with van der Waals surface area (Å²) in [4.78, 5) is 22.7. The number of aromatic nitrogens is 3. The minimum absolute atomic E-state index is 0.218. The van der Waals surface area contributed by atoms with E-state index in [0.29, 0.717) is 34.2 Å². The van der Waals surface area contributed by atoms with Crippen molar-refractivity contribution >= 4 is 34.2 Å². The summed E-state index contributed by atoms with van der Waals surface area (Å²) in [6.45, 7) is 3.69. The molecular weight excluding hydrogens is 358 g/mol. The van der Waals surface area contributed by atoms with Crippen LogP contribution in [0.3, 0.4) is 0 Å². The van der Waals surface area contributed by atoms with E-state index in [-0.39, 0.29) is 5.75 Å². The third-order valence-electron chi connectivity index (χ3n) is 4.08. The van der Waals surface area contributed by atoms with Crippen LogP contribution in [0, 0.1) is 13.8 Å². The number of nitrogens with one attached hydrogen (secondary N) is 3. The molecule has 0 aliphatic carbocycles. The van der Waals surface area contributed by atoms with Gasteiger partial charge < -0.3 is 19.8 Å². The molecule has 0 atom stereocenters. The van der Waals surface area contributed by atoms with Crippen LogP contribution in [0.4, 0.5) is 23.1 Å². The molecule has 0 aliphatic heterocycles. The lowest BCUT2D eigenvalue weighted by Crippen LogP contribution is -2.03. The van der Waals surface area contributed by atoms with E-state index in [4.69, 9.17) is 13.3 Å². The van der Waals surface area contributed by atoms with Crippen molar-refractivity contribution in [3.05, 3.63) is 64.3 Å². The minimum atomic E-state index is -2.54. The van der Waals surface area contributed by atoms with Crippen molar-refractivity contribution in [2.24, 2.45) is 0 Å². The van der Waals surface area contributed by atoms with Gasteiger partial charge in [0.05, 0.1) is 16.7 Å². The summed E-state index contributed by atoms with van der Waals surface area (Å²) in [5, 5.41) is 6.27. The smallest absolute Gasteiger partial charge is 0.417 e. The summed E-state index contributed by atoms with van der Waals surface area (Å²) >= 11 is 0. The average Bonchev–Trinajstić information content (AvgIpc) is 3.02. The number of hydrogen-bond acceptors (Lipinski definition) is 7. The van der Waals surface area contributed by atoms with E-state index >= 15 is 0 Å². The first-order valence-corrected chi connectivity index (χ1v) is 8.46. The molecule has 0 bridgehead atoms. The van der Waals surface area contributed by atoms with Gasteiger partial charge in [0.15, 0.2) is 5.58 Å². The zero-order valence-corrected chi connectivity index (χ0v) is 15.2. The SMILES string of the molecule is [2H]C([2H])([2H])Oc1cc(C)cc(Nc2ncc(C)c(Nc3ccc4oc(=O)[nH]c4c3)n2)c1. The monoisotopic (exact) mass is 380 g/mol. The number of H-pyrrole nitrogens is 1. The van der Waals surface area contributed by atoms with Gasteiger partial charge in [-0.05, 0) is 49.7 Å². The van der Waals surface area contributed by atoms with E-state index in [1.165, 1.54) is 0 Å². The Kier molecular flexibility index (Phi) is 3.60. The molecule has 4 rings (SSSR count). The molecule has 0 amide bonds. The van der Waals surface area contributed by atoms with Gasteiger partial charge in [0.25, 0.3) is 0 Å². The molecule has 3 N–H and O–H groups in total. The van der Waals surface area contributed by atoms with Gasteiger partial charge in [0, 0.05) is 29.2 Å². The van der Waals surface area contributed by atoms with E-state index < -0.39 is 12.8 Å². The first-order valence-electron chi connectivity index (χ1n) is 9.96. The number of aryl methyl sites for hydroxylation is 2. The van der Waals surface area contributed by atoms with E-state index in [9.17, 15) is 4.79 Å². The van der Waals surface area contributed by atoms with Crippen LogP contribution in [0.5, 0.6) is 5.75 Å². The highest BCUT2D eigenvalue weighted by Crippen LogP contribution is 2.25. The molecule has 142 valence electrons. The predicted octanol–water partition coefficient (Wildman–Crippen LogP) is 4.02. The Bertz CT molecular complexity index is 1310. The van der Waals surface area contributed by atoms with Crippen LogP contribution in [0.15, 0.2) is 51.8 Å². The van der Waals surface area contributed by atoms with Gasteiger partial charge in [-0.15, -0.1) is 0 Å². The van der Waals surface area contributed by atoms with Crippen molar-refractivity contribution in [2.45, 2.75) is 13.8 Å². The number of hydrogen-bond donors (Lipinski definition) is 3. The Morgan fingerprint density at radius 1 is 1.14 bits per heavy atom. The molecule has 2 aromatic carbocycles. The highest BCUT2D eigenvalue weighted by molar-refractivity contribution is 5.78. The molecule has 0 spiro atoms. The summed E-state index contributed by atoms with van der Waals surface area (Å²) in [5.41, 5.74) is 3.96. The topological polar surface area (TPSA) is 105 Å². The molecule has 0 radical (unpaired) electrons. The summed E-state index contributed by atoms with van der Waals surface area (Å²) in [5.74, 6) is 0.581. The predicted molar refractivity (Wildman–Crippen MR) is 108 cm³/mol. The number of fused-ring (bicyclic) bond motifs is 1. The van der Waals surface area contributed by atoms with Crippen molar-refractivity contribution < 1.29 is 13.3 Å². The Hall–Kier alpha value is -3.81. The zero-order chi connectivity index (χ0) is 22.2. The number of benzene rings is 2. The molecule has 0 saturated carbocycles. The maximum atomic E-state index is 11.3. The van der Waals surface area contributed by atoms with Crippen molar-refractivity contribution in [1.29, 1.82) is 0 Å². The number of anilines is 4. The van der Waals surface area contributed by atoms with Gasteiger partial charge in [0.2, 0.25) is 5.95 Å². The van der Waals surface area contributed by atoms with Crippen LogP contribution in [0.25, 0.3) is 11.1 Å². The summed E-state index contributed by atoms with van der Waals surface area (Å²) in [6, 6.07) is 10.2. The molecule has 4 aromatic rings. The Balaban J connectivity index is 1.58. The molecule has 0 saturated heterocycles. The van der Waals surface area contributed by atoms with Crippen molar-refractivity contribution in [3.8, 4) is 5.75 Å². The standard InChI is InChI=1S/C20H19N5O3/c1-11-6-14(8-15(7-11)27-3)23-19-21-10-12(2)18(25-19)22-13-4-5-17-16(9-13)24-20(26)28-17/h4-10H,1-3H3,(H,24,26)(H2,21,22,23,25)/i3D3. The number of methoxy groups -OCH3 is 1. The lowest BCUT2D eigenvalue weighted by molar-refractivity contribution is 0.414. The fraction of sp³-hybridized carbons (Fsp3) is 0.150. The largest absolute Gasteiger partial charge is 0.497 e. The van der Waals surface area contributed by atoms with Crippen LogP contribution in [0.2, 0.25) is 0 Å². The highest BCUT2D eigenvalue weighted by Gasteiger charge is 2.08. The average molecular weight is 380 g/mol. The van der Waals surface area contributed by atoms with Crippen molar-refractivity contribution in [2.75, 3.05) is 17.7 Å².